The van der Waals surface area contributed by atoms with E-state index in [2.05, 4.69) is 30.8 Å². The van der Waals surface area contributed by atoms with Crippen LogP contribution in [0.2, 0.25) is 0 Å². The summed E-state index contributed by atoms with van der Waals surface area (Å²) in [5.74, 6) is 1.49. The molecule has 37 heavy (non-hydrogen) atoms. The average Bonchev–Trinajstić information content (AvgIpc) is 3.23. The van der Waals surface area contributed by atoms with Crippen molar-refractivity contribution in [1.29, 1.82) is 0 Å². The van der Waals surface area contributed by atoms with E-state index < -0.39 is 20.9 Å². The minimum Gasteiger partial charge on any atom is -0.371 e. The molecule has 6 rings (SSSR count). The summed E-state index contributed by atoms with van der Waals surface area (Å²) in [4.78, 5) is 8.41. The van der Waals surface area contributed by atoms with E-state index in [-0.39, 0.29) is 36.5 Å². The number of guanidine groups is 1. The molecule has 4 aliphatic heterocycles. The third-order valence-electron chi connectivity index (χ3n) is 7.64. The number of ether oxygens (including phenoxy) is 2. The molecule has 1 aromatic rings. The largest absolute Gasteiger partial charge is 0.371 e. The van der Waals surface area contributed by atoms with Gasteiger partial charge < -0.3 is 25.4 Å². The molecule has 1 aliphatic carbocycles. The Bertz CT molecular complexity index is 1160. The van der Waals surface area contributed by atoms with Gasteiger partial charge in [-0.15, -0.1) is 11.6 Å². The van der Waals surface area contributed by atoms with Crippen molar-refractivity contribution in [3.05, 3.63) is 12.4 Å². The van der Waals surface area contributed by atoms with Gasteiger partial charge in [0, 0.05) is 6.20 Å². The smallest absolute Gasteiger partial charge is 0.224 e. The number of hydrogen-bond acceptors (Lipinski definition) is 10. The molecule has 1 aromatic heterocycles. The molecule has 204 valence electrons. The van der Waals surface area contributed by atoms with Crippen LogP contribution in [0.3, 0.4) is 0 Å². The molecule has 14 heteroatoms. The molecule has 5 unspecified atom stereocenters. The minimum absolute atomic E-state index is 0.176. The molecule has 4 N–H and O–H groups in total. The fourth-order valence-corrected chi connectivity index (χ4v) is 7.25. The lowest BCUT2D eigenvalue weighted by atomic mass is 10.0. The number of aliphatic imine (C=N–C) groups is 2. The molecule has 0 radical (unpaired) electrons. The maximum Gasteiger partial charge on any atom is 0.224 e. The number of hydrogen-bond donors (Lipinski definition) is 4. The van der Waals surface area contributed by atoms with Gasteiger partial charge in [-0.2, -0.15) is 10.1 Å². The van der Waals surface area contributed by atoms with E-state index in [0.29, 0.717) is 31.0 Å². The van der Waals surface area contributed by atoms with Gasteiger partial charge in [-0.05, 0) is 51.6 Å². The number of sulfonamides is 1. The SMILES string of the molecule is CC1(Cl)CN=C(Nc2cnn(C3CCNCC3)c2)N=C1NC1COC2C(NS(=O)(=O)CC3CC3)COC12. The average molecular weight is 555 g/mol. The monoisotopic (exact) mass is 554 g/mol. The molecule has 0 spiro atoms. The van der Waals surface area contributed by atoms with Crippen LogP contribution in [-0.2, 0) is 19.5 Å². The highest BCUT2D eigenvalue weighted by atomic mass is 35.5. The Kier molecular flexibility index (Phi) is 6.95. The van der Waals surface area contributed by atoms with Crippen molar-refractivity contribution >= 4 is 39.1 Å². The number of anilines is 1. The van der Waals surface area contributed by atoms with Crippen molar-refractivity contribution in [3.8, 4) is 0 Å². The molecule has 4 fully saturated rings. The number of halogens is 1. The summed E-state index contributed by atoms with van der Waals surface area (Å²) in [6, 6.07) is -0.214. The second-order valence-electron chi connectivity index (χ2n) is 10.9. The van der Waals surface area contributed by atoms with Gasteiger partial charge in [0.25, 0.3) is 0 Å². The maximum absolute atomic E-state index is 12.5. The van der Waals surface area contributed by atoms with Crippen LogP contribution in [0.25, 0.3) is 0 Å². The van der Waals surface area contributed by atoms with Crippen molar-refractivity contribution in [2.45, 2.75) is 67.8 Å². The molecular weight excluding hydrogens is 520 g/mol. The third-order valence-corrected chi connectivity index (χ3v) is 9.51. The second-order valence-corrected chi connectivity index (χ2v) is 13.5. The summed E-state index contributed by atoms with van der Waals surface area (Å²) < 4.78 is 41.7. The molecule has 12 nitrogen and oxygen atoms in total. The zero-order chi connectivity index (χ0) is 25.6. The first-order valence-electron chi connectivity index (χ1n) is 13.1. The van der Waals surface area contributed by atoms with E-state index in [1.165, 1.54) is 0 Å². The Morgan fingerprint density at radius 2 is 1.89 bits per heavy atom. The van der Waals surface area contributed by atoms with Crippen LogP contribution in [0, 0.1) is 5.92 Å². The number of alkyl halides is 1. The Morgan fingerprint density at radius 3 is 2.65 bits per heavy atom. The predicted molar refractivity (Wildman–Crippen MR) is 141 cm³/mol. The zero-order valence-electron chi connectivity index (χ0n) is 20.9. The van der Waals surface area contributed by atoms with Gasteiger partial charge in [-0.1, -0.05) is 0 Å². The first-order chi connectivity index (χ1) is 17.8. The lowest BCUT2D eigenvalue weighted by molar-refractivity contribution is 0.0675. The quantitative estimate of drug-likeness (QED) is 0.356. The van der Waals surface area contributed by atoms with Crippen molar-refractivity contribution in [2.24, 2.45) is 15.9 Å². The van der Waals surface area contributed by atoms with Crippen LogP contribution >= 0.6 is 11.6 Å². The van der Waals surface area contributed by atoms with Gasteiger partial charge in [0.05, 0.1) is 55.5 Å². The molecule has 1 saturated carbocycles. The molecule has 5 atom stereocenters. The van der Waals surface area contributed by atoms with Crippen LogP contribution < -0.4 is 20.7 Å². The highest BCUT2D eigenvalue weighted by Crippen LogP contribution is 2.32. The fourth-order valence-electron chi connectivity index (χ4n) is 5.38. The highest BCUT2D eigenvalue weighted by molar-refractivity contribution is 7.89. The standard InChI is InChI=1S/C23H35ClN8O4S/c1-23(24)13-26-22(28-15-8-27-32(9-15)16-4-6-25-7-5-16)30-21(23)29-17-10-35-20-18(11-36-19(17)20)31-37(33,34)12-14-2-3-14/h8-9,14,16-20,25,31H,2-7,10-13H2,1H3,(H2,26,28,29,30). The van der Waals surface area contributed by atoms with Crippen molar-refractivity contribution in [2.75, 3.05) is 43.9 Å². The molecule has 0 bridgehead atoms. The van der Waals surface area contributed by atoms with Gasteiger partial charge in [0.15, 0.2) is 0 Å². The zero-order valence-corrected chi connectivity index (χ0v) is 22.5. The van der Waals surface area contributed by atoms with Crippen LogP contribution in [0.5, 0.6) is 0 Å². The third kappa shape index (κ3) is 5.81. The molecule has 5 aliphatic rings. The van der Waals surface area contributed by atoms with Crippen LogP contribution in [0.1, 0.15) is 38.6 Å². The topological polar surface area (TPSA) is 143 Å². The summed E-state index contributed by atoms with van der Waals surface area (Å²) in [6.45, 7) is 4.85. The first-order valence-corrected chi connectivity index (χ1v) is 15.1. The summed E-state index contributed by atoms with van der Waals surface area (Å²) in [7, 11) is -3.36. The molecule has 5 heterocycles. The van der Waals surface area contributed by atoms with E-state index in [9.17, 15) is 8.42 Å². The Balaban J connectivity index is 1.09. The Labute approximate surface area is 222 Å². The van der Waals surface area contributed by atoms with Crippen molar-refractivity contribution < 1.29 is 17.9 Å². The number of rotatable bonds is 7. The number of fused-ring (bicyclic) bond motifs is 1. The van der Waals surface area contributed by atoms with E-state index in [1.807, 2.05) is 17.8 Å². The fraction of sp³-hybridized carbons (Fsp3) is 0.783. The molecule has 0 amide bonds. The number of nitrogens with one attached hydrogen (secondary N) is 4. The predicted octanol–water partition coefficient (Wildman–Crippen LogP) is 0.439. The van der Waals surface area contributed by atoms with E-state index in [0.717, 1.165) is 44.5 Å². The van der Waals surface area contributed by atoms with Gasteiger partial charge in [0.1, 0.15) is 22.9 Å². The van der Waals surface area contributed by atoms with Gasteiger partial charge >= 0.3 is 0 Å². The first kappa shape index (κ1) is 25.5. The lowest BCUT2D eigenvalue weighted by Gasteiger charge is -2.30. The van der Waals surface area contributed by atoms with Gasteiger partial charge in [-0.3, -0.25) is 4.68 Å². The highest BCUT2D eigenvalue weighted by Gasteiger charge is 2.50. The summed E-state index contributed by atoms with van der Waals surface area (Å²) >= 11 is 6.78. The number of amidine groups is 1. The van der Waals surface area contributed by atoms with Gasteiger partial charge in [0.2, 0.25) is 16.0 Å². The number of nitrogens with zero attached hydrogens (tertiary/aromatic N) is 4. The Hall–Kier alpha value is -1.77. The van der Waals surface area contributed by atoms with Crippen LogP contribution in [0.15, 0.2) is 22.4 Å². The summed E-state index contributed by atoms with van der Waals surface area (Å²) in [5, 5.41) is 14.6. The van der Waals surface area contributed by atoms with E-state index in [4.69, 9.17) is 26.1 Å². The van der Waals surface area contributed by atoms with Crippen LogP contribution in [0.4, 0.5) is 5.69 Å². The van der Waals surface area contributed by atoms with Crippen LogP contribution in [-0.4, -0.2) is 97.8 Å². The van der Waals surface area contributed by atoms with E-state index in [1.54, 1.807) is 6.20 Å². The molecular formula is C23H35ClN8O4S. The van der Waals surface area contributed by atoms with Gasteiger partial charge in [-0.25, -0.2) is 18.1 Å². The number of piperidine rings is 1. The summed E-state index contributed by atoms with van der Waals surface area (Å²) in [5.41, 5.74) is 0.822. The van der Waals surface area contributed by atoms with E-state index >= 15 is 0 Å². The maximum atomic E-state index is 12.5. The van der Waals surface area contributed by atoms with Crippen molar-refractivity contribution in [3.63, 3.8) is 0 Å². The summed E-state index contributed by atoms with van der Waals surface area (Å²) in [6.07, 6.45) is 7.18. The normalized spacial score (nSPS) is 34.6. The lowest BCUT2D eigenvalue weighted by Crippen LogP contribution is -2.53. The minimum atomic E-state index is -3.36. The Morgan fingerprint density at radius 1 is 1.16 bits per heavy atom. The number of aromatic nitrogens is 2. The van der Waals surface area contributed by atoms with Crippen molar-refractivity contribution in [1.82, 2.24) is 25.1 Å². The molecule has 3 saturated heterocycles. The molecule has 0 aromatic carbocycles. The second kappa shape index (κ2) is 10.1.